The van der Waals surface area contributed by atoms with Gasteiger partial charge in [-0.15, -0.1) is 0 Å². The quantitative estimate of drug-likeness (QED) is 0.657. The van der Waals surface area contributed by atoms with Crippen LogP contribution in [0.5, 0.6) is 0 Å². The Bertz CT molecular complexity index is 858. The Hall–Kier alpha value is -2.37. The molecule has 0 heterocycles. The zero-order chi connectivity index (χ0) is 21.4. The van der Waals surface area contributed by atoms with Gasteiger partial charge in [0.2, 0.25) is 5.91 Å². The third-order valence-electron chi connectivity index (χ3n) is 7.88. The average Bonchev–Trinajstić information content (AvgIpc) is 3.19. The van der Waals surface area contributed by atoms with Crippen LogP contribution in [-0.2, 0) is 32.0 Å². The summed E-state index contributed by atoms with van der Waals surface area (Å²) in [4.78, 5) is 37.0. The van der Waals surface area contributed by atoms with Gasteiger partial charge in [-0.2, -0.15) is 0 Å². The van der Waals surface area contributed by atoms with Crippen molar-refractivity contribution in [3.05, 3.63) is 29.3 Å². The van der Waals surface area contributed by atoms with E-state index in [2.05, 4.69) is 16.7 Å². The van der Waals surface area contributed by atoms with Gasteiger partial charge in [0, 0.05) is 17.6 Å². The molecule has 0 atom stereocenters. The number of amides is 2. The van der Waals surface area contributed by atoms with Gasteiger partial charge in [0.05, 0.1) is 6.42 Å². The normalized spacial score (nSPS) is 30.0. The maximum Gasteiger partial charge on any atom is 0.308 e. The zero-order valence-electron chi connectivity index (χ0n) is 18.1. The maximum absolute atomic E-state index is 12.9. The van der Waals surface area contributed by atoms with E-state index in [1.54, 1.807) is 0 Å². The summed E-state index contributed by atoms with van der Waals surface area (Å²) in [7, 11) is 0. The molecule has 0 aliphatic heterocycles. The Morgan fingerprint density at radius 3 is 2.35 bits per heavy atom. The summed E-state index contributed by atoms with van der Waals surface area (Å²) in [5, 5.41) is 5.77. The molecule has 4 saturated carbocycles. The van der Waals surface area contributed by atoms with Crippen molar-refractivity contribution in [1.82, 2.24) is 5.32 Å². The summed E-state index contributed by atoms with van der Waals surface area (Å²) in [6.45, 7) is -0.0370. The van der Waals surface area contributed by atoms with Crippen LogP contribution in [0.2, 0.25) is 0 Å². The number of anilines is 1. The number of fused-ring (bicyclic) bond motifs is 1. The van der Waals surface area contributed by atoms with Crippen molar-refractivity contribution in [3.8, 4) is 0 Å². The number of hydrogen-bond donors (Lipinski definition) is 2. The van der Waals surface area contributed by atoms with E-state index in [1.807, 2.05) is 12.1 Å². The van der Waals surface area contributed by atoms with Gasteiger partial charge in [-0.25, -0.2) is 0 Å². The van der Waals surface area contributed by atoms with E-state index < -0.39 is 5.97 Å². The highest BCUT2D eigenvalue weighted by Crippen LogP contribution is 2.60. The van der Waals surface area contributed by atoms with E-state index in [9.17, 15) is 14.4 Å². The molecule has 5 aliphatic rings. The van der Waals surface area contributed by atoms with Crippen LogP contribution in [0.15, 0.2) is 18.2 Å². The fourth-order valence-electron chi connectivity index (χ4n) is 6.92. The number of benzene rings is 1. The van der Waals surface area contributed by atoms with E-state index in [4.69, 9.17) is 4.74 Å². The fraction of sp³-hybridized carbons (Fsp3) is 0.640. The summed E-state index contributed by atoms with van der Waals surface area (Å²) in [5.74, 6) is 1.45. The SMILES string of the molecule is O=C(COC(=O)CCNC(=O)C12CC3CC(CC(C3)C1)C2)Nc1ccc2c(c1)CCC2. The molecular formula is C25H32N2O4. The van der Waals surface area contributed by atoms with Crippen LogP contribution in [0.4, 0.5) is 5.69 Å². The fourth-order valence-corrected chi connectivity index (χ4v) is 6.92. The minimum atomic E-state index is -0.463. The van der Waals surface area contributed by atoms with Crippen LogP contribution >= 0.6 is 0 Å². The van der Waals surface area contributed by atoms with E-state index in [1.165, 1.54) is 30.4 Å². The lowest BCUT2D eigenvalue weighted by Crippen LogP contribution is -2.53. The van der Waals surface area contributed by atoms with Gasteiger partial charge in [0.15, 0.2) is 6.61 Å². The number of ether oxygens (including phenoxy) is 1. The molecule has 2 N–H and O–H groups in total. The molecule has 2 amide bonds. The van der Waals surface area contributed by atoms with Crippen molar-refractivity contribution in [2.75, 3.05) is 18.5 Å². The lowest BCUT2D eigenvalue weighted by molar-refractivity contribution is -0.148. The predicted octanol–water partition coefficient (Wildman–Crippen LogP) is 3.38. The number of carbonyl (C=O) groups excluding carboxylic acids is 3. The Morgan fingerprint density at radius 1 is 0.968 bits per heavy atom. The summed E-state index contributed by atoms with van der Waals surface area (Å²) >= 11 is 0. The number of rotatable bonds is 7. The first-order valence-electron chi connectivity index (χ1n) is 11.8. The molecular weight excluding hydrogens is 392 g/mol. The lowest BCUT2D eigenvalue weighted by Gasteiger charge is -2.55. The molecule has 5 aliphatic carbocycles. The van der Waals surface area contributed by atoms with Crippen LogP contribution in [0, 0.1) is 23.2 Å². The minimum Gasteiger partial charge on any atom is -0.456 e. The number of carbonyl (C=O) groups is 3. The van der Waals surface area contributed by atoms with Gasteiger partial charge >= 0.3 is 5.97 Å². The van der Waals surface area contributed by atoms with E-state index >= 15 is 0 Å². The van der Waals surface area contributed by atoms with Crippen molar-refractivity contribution in [3.63, 3.8) is 0 Å². The Morgan fingerprint density at radius 2 is 1.65 bits per heavy atom. The number of nitrogens with one attached hydrogen (secondary N) is 2. The highest BCUT2D eigenvalue weighted by molar-refractivity contribution is 5.93. The summed E-state index contributed by atoms with van der Waals surface area (Å²) in [6.07, 6.45) is 10.3. The molecule has 4 bridgehead atoms. The van der Waals surface area contributed by atoms with Crippen LogP contribution in [0.3, 0.4) is 0 Å². The van der Waals surface area contributed by atoms with Gasteiger partial charge in [-0.05, 0) is 98.8 Å². The second-order valence-corrected chi connectivity index (χ2v) is 10.2. The van der Waals surface area contributed by atoms with Crippen LogP contribution < -0.4 is 10.6 Å². The van der Waals surface area contributed by atoms with E-state index in [-0.39, 0.29) is 36.8 Å². The smallest absolute Gasteiger partial charge is 0.308 e. The minimum absolute atomic E-state index is 0.0875. The molecule has 166 valence electrons. The molecule has 0 unspecified atom stereocenters. The predicted molar refractivity (Wildman–Crippen MR) is 116 cm³/mol. The number of esters is 1. The second-order valence-electron chi connectivity index (χ2n) is 10.2. The molecule has 4 fully saturated rings. The van der Waals surface area contributed by atoms with Crippen molar-refractivity contribution >= 4 is 23.5 Å². The van der Waals surface area contributed by atoms with Crippen molar-refractivity contribution < 1.29 is 19.1 Å². The first-order valence-corrected chi connectivity index (χ1v) is 11.8. The Balaban J connectivity index is 1.03. The zero-order valence-corrected chi connectivity index (χ0v) is 18.1. The van der Waals surface area contributed by atoms with Gasteiger partial charge in [-0.1, -0.05) is 6.07 Å². The first kappa shape index (κ1) is 20.5. The number of hydrogen-bond acceptors (Lipinski definition) is 4. The first-order chi connectivity index (χ1) is 15.0. The van der Waals surface area contributed by atoms with Gasteiger partial charge in [-0.3, -0.25) is 14.4 Å². The molecule has 1 aromatic rings. The molecule has 6 heteroatoms. The van der Waals surface area contributed by atoms with Crippen molar-refractivity contribution in [1.29, 1.82) is 0 Å². The van der Waals surface area contributed by atoms with Crippen molar-refractivity contribution in [2.24, 2.45) is 23.2 Å². The Kier molecular flexibility index (Phi) is 5.49. The molecule has 0 radical (unpaired) electrons. The number of aryl methyl sites for hydroxylation is 2. The van der Waals surface area contributed by atoms with Crippen LogP contribution in [0.25, 0.3) is 0 Å². The third kappa shape index (κ3) is 4.35. The molecule has 0 aromatic heterocycles. The molecule has 6 nitrogen and oxygen atoms in total. The maximum atomic E-state index is 12.9. The lowest BCUT2D eigenvalue weighted by atomic mass is 9.49. The monoisotopic (exact) mass is 424 g/mol. The molecule has 1 aromatic carbocycles. The van der Waals surface area contributed by atoms with E-state index in [0.29, 0.717) is 17.8 Å². The summed E-state index contributed by atoms with van der Waals surface area (Å²) in [5.41, 5.74) is 3.17. The van der Waals surface area contributed by atoms with Crippen molar-refractivity contribution in [2.45, 2.75) is 64.2 Å². The Labute approximate surface area is 183 Å². The molecule has 0 saturated heterocycles. The van der Waals surface area contributed by atoms with Gasteiger partial charge < -0.3 is 15.4 Å². The molecule has 0 spiro atoms. The summed E-state index contributed by atoms with van der Waals surface area (Å²) < 4.78 is 5.10. The van der Waals surface area contributed by atoms with Crippen LogP contribution in [0.1, 0.15) is 62.5 Å². The topological polar surface area (TPSA) is 84.5 Å². The van der Waals surface area contributed by atoms with E-state index in [0.717, 1.165) is 44.2 Å². The molecule has 6 rings (SSSR count). The molecule has 31 heavy (non-hydrogen) atoms. The van der Waals surface area contributed by atoms with Gasteiger partial charge in [0.1, 0.15) is 0 Å². The second kappa shape index (κ2) is 8.29. The average molecular weight is 425 g/mol. The summed E-state index contributed by atoms with van der Waals surface area (Å²) in [6, 6.07) is 5.95. The highest BCUT2D eigenvalue weighted by atomic mass is 16.5. The standard InChI is InChI=1S/C25H32N2O4/c28-22(27-21-5-4-19-2-1-3-20(19)11-21)15-31-23(29)6-7-26-24(30)25-12-16-8-17(13-25)10-18(9-16)14-25/h4-5,11,16-18H,1-3,6-10,12-15H2,(H,26,30)(H,27,28). The highest BCUT2D eigenvalue weighted by Gasteiger charge is 2.54. The van der Waals surface area contributed by atoms with Gasteiger partial charge in [0.25, 0.3) is 5.91 Å². The van der Waals surface area contributed by atoms with Crippen LogP contribution in [-0.4, -0.2) is 30.9 Å². The third-order valence-corrected chi connectivity index (χ3v) is 7.88. The largest absolute Gasteiger partial charge is 0.456 e.